The van der Waals surface area contributed by atoms with E-state index in [4.69, 9.17) is 0 Å². The molecule has 1 heterocycles. The number of sulfone groups is 1. The van der Waals surface area contributed by atoms with E-state index in [1.165, 1.54) is 6.26 Å². The first-order chi connectivity index (χ1) is 14.8. The van der Waals surface area contributed by atoms with Crippen LogP contribution in [0.5, 0.6) is 0 Å². The lowest BCUT2D eigenvalue weighted by atomic mass is 10.1. The van der Waals surface area contributed by atoms with E-state index in [0.717, 1.165) is 32.6 Å². The van der Waals surface area contributed by atoms with Crippen LogP contribution in [-0.4, -0.2) is 35.9 Å². The highest BCUT2D eigenvalue weighted by Gasteiger charge is 2.11. The normalized spacial score (nSPS) is 13.1. The summed E-state index contributed by atoms with van der Waals surface area (Å²) in [7, 11) is -2.83. The number of rotatable bonds is 6. The molecule has 4 rings (SSSR count). The second-order valence-electron chi connectivity index (χ2n) is 7.00. The molecule has 0 saturated carbocycles. The molecule has 0 fully saturated rings. The molecular weight excluding hydrogens is 430 g/mol. The zero-order valence-electron chi connectivity index (χ0n) is 17.0. The van der Waals surface area contributed by atoms with Crippen LogP contribution in [0.25, 0.3) is 34.3 Å². The van der Waals surface area contributed by atoms with E-state index < -0.39 is 20.8 Å². The van der Waals surface area contributed by atoms with Gasteiger partial charge in [0.2, 0.25) is 0 Å². The molecule has 0 aliphatic carbocycles. The fourth-order valence-corrected chi connectivity index (χ4v) is 4.69. The lowest BCUT2D eigenvalue weighted by molar-refractivity contribution is 0.602. The Morgan fingerprint density at radius 2 is 1.74 bits per heavy atom. The first-order valence-corrected chi connectivity index (χ1v) is 12.6. The van der Waals surface area contributed by atoms with E-state index in [0.29, 0.717) is 10.7 Å². The van der Waals surface area contributed by atoms with Gasteiger partial charge in [0, 0.05) is 6.26 Å². The molecule has 0 bridgehead atoms. The Bertz CT molecular complexity index is 1410. The second kappa shape index (κ2) is 8.58. The Hall–Kier alpha value is -3.07. The summed E-state index contributed by atoms with van der Waals surface area (Å²) in [5.41, 5.74) is 4.41. The average Bonchev–Trinajstić information content (AvgIpc) is 3.19. The van der Waals surface area contributed by atoms with Gasteiger partial charge in [0.05, 0.1) is 20.8 Å². The van der Waals surface area contributed by atoms with Crippen molar-refractivity contribution in [1.29, 1.82) is 0 Å². The van der Waals surface area contributed by atoms with E-state index >= 15 is 0 Å². The molecule has 8 heteroatoms. The zero-order valence-corrected chi connectivity index (χ0v) is 18.6. The highest BCUT2D eigenvalue weighted by Crippen LogP contribution is 2.28. The summed E-state index contributed by atoms with van der Waals surface area (Å²) in [5.74, 6) is 0.687. The zero-order chi connectivity index (χ0) is 22.0. The summed E-state index contributed by atoms with van der Waals surface area (Å²) in [5, 5.41) is 0. The molecule has 3 aromatic carbocycles. The number of hydrogen-bond donors (Lipinski definition) is 2. The molecule has 0 aliphatic heterocycles. The van der Waals surface area contributed by atoms with E-state index in [1.807, 2.05) is 54.6 Å². The fraction of sp³-hybridized carbons (Fsp3) is 0.0870. The van der Waals surface area contributed by atoms with Crippen molar-refractivity contribution in [2.75, 3.05) is 13.3 Å². The SMILES string of the molecule is CNS(=O)c1ccccc1-c1ccc2nc(/C=C/c3ccc(S(C)(=O)=O)cc3)[nH]c2c1. The number of fused-ring (bicyclic) bond motifs is 1. The molecule has 1 atom stereocenters. The topological polar surface area (TPSA) is 91.9 Å². The Morgan fingerprint density at radius 1 is 1.00 bits per heavy atom. The minimum absolute atomic E-state index is 0.292. The van der Waals surface area contributed by atoms with Crippen molar-refractivity contribution in [3.05, 3.63) is 78.1 Å². The maximum Gasteiger partial charge on any atom is 0.175 e. The molecular formula is C23H21N3O3S2. The first kappa shape index (κ1) is 21.2. The number of benzene rings is 3. The Balaban J connectivity index is 1.63. The number of imidazole rings is 1. The van der Waals surface area contributed by atoms with Crippen LogP contribution in [0.4, 0.5) is 0 Å². The third-order valence-electron chi connectivity index (χ3n) is 4.83. The van der Waals surface area contributed by atoms with Crippen LogP contribution in [0, 0.1) is 0 Å². The summed E-state index contributed by atoms with van der Waals surface area (Å²) in [4.78, 5) is 8.89. The predicted molar refractivity (Wildman–Crippen MR) is 125 cm³/mol. The summed E-state index contributed by atoms with van der Waals surface area (Å²) in [6.07, 6.45) is 4.91. The highest BCUT2D eigenvalue weighted by molar-refractivity contribution is 7.90. The van der Waals surface area contributed by atoms with Gasteiger partial charge in [-0.05, 0) is 60.1 Å². The van der Waals surface area contributed by atoms with Crippen molar-refractivity contribution in [2.24, 2.45) is 0 Å². The van der Waals surface area contributed by atoms with E-state index in [2.05, 4.69) is 14.7 Å². The fourth-order valence-electron chi connectivity index (χ4n) is 3.25. The third kappa shape index (κ3) is 4.66. The minimum atomic E-state index is -3.21. The van der Waals surface area contributed by atoms with Gasteiger partial charge < -0.3 is 4.98 Å². The molecule has 2 N–H and O–H groups in total. The summed E-state index contributed by atoms with van der Waals surface area (Å²) in [6, 6.07) is 20.2. The molecule has 158 valence electrons. The van der Waals surface area contributed by atoms with Crippen molar-refractivity contribution in [3.63, 3.8) is 0 Å². The Labute approximate surface area is 183 Å². The number of hydrogen-bond acceptors (Lipinski definition) is 4. The van der Waals surface area contributed by atoms with Crippen LogP contribution in [0.15, 0.2) is 76.5 Å². The van der Waals surface area contributed by atoms with E-state index in [9.17, 15) is 12.6 Å². The highest BCUT2D eigenvalue weighted by atomic mass is 32.2. The molecule has 0 saturated heterocycles. The van der Waals surface area contributed by atoms with Gasteiger partial charge in [0.25, 0.3) is 0 Å². The van der Waals surface area contributed by atoms with E-state index in [1.54, 1.807) is 31.3 Å². The average molecular weight is 452 g/mol. The van der Waals surface area contributed by atoms with Crippen LogP contribution in [0.3, 0.4) is 0 Å². The van der Waals surface area contributed by atoms with Crippen LogP contribution in [0.2, 0.25) is 0 Å². The van der Waals surface area contributed by atoms with Gasteiger partial charge in [0.15, 0.2) is 9.84 Å². The van der Waals surface area contributed by atoms with Crippen LogP contribution in [0.1, 0.15) is 11.4 Å². The third-order valence-corrected chi connectivity index (χ3v) is 7.08. The number of nitrogens with one attached hydrogen (secondary N) is 2. The number of aromatic amines is 1. The van der Waals surface area contributed by atoms with Crippen LogP contribution >= 0.6 is 0 Å². The largest absolute Gasteiger partial charge is 0.338 e. The second-order valence-corrected chi connectivity index (χ2v) is 10.4. The van der Waals surface area contributed by atoms with Gasteiger partial charge in [-0.3, -0.25) is 0 Å². The van der Waals surface area contributed by atoms with Gasteiger partial charge in [-0.2, -0.15) is 0 Å². The predicted octanol–water partition coefficient (Wildman–Crippen LogP) is 4.05. The van der Waals surface area contributed by atoms with E-state index in [-0.39, 0.29) is 0 Å². The Kier molecular flexibility index (Phi) is 5.86. The van der Waals surface area contributed by atoms with Crippen molar-refractivity contribution < 1.29 is 12.6 Å². The minimum Gasteiger partial charge on any atom is -0.338 e. The Morgan fingerprint density at radius 3 is 2.45 bits per heavy atom. The molecule has 6 nitrogen and oxygen atoms in total. The number of H-pyrrole nitrogens is 1. The van der Waals surface area contributed by atoms with Crippen molar-refractivity contribution >= 4 is 44.0 Å². The quantitative estimate of drug-likeness (QED) is 0.463. The molecule has 0 radical (unpaired) electrons. The summed E-state index contributed by atoms with van der Waals surface area (Å²) < 4.78 is 38.2. The van der Waals surface area contributed by atoms with Gasteiger partial charge >= 0.3 is 0 Å². The monoisotopic (exact) mass is 451 g/mol. The lowest BCUT2D eigenvalue weighted by Gasteiger charge is -2.08. The van der Waals surface area contributed by atoms with Crippen molar-refractivity contribution in [3.8, 4) is 11.1 Å². The van der Waals surface area contributed by atoms with Gasteiger partial charge in [-0.15, -0.1) is 0 Å². The first-order valence-electron chi connectivity index (χ1n) is 9.52. The smallest absolute Gasteiger partial charge is 0.175 e. The van der Waals surface area contributed by atoms with Crippen LogP contribution < -0.4 is 4.72 Å². The standard InChI is InChI=1S/C23H21N3O3S2/c1-24-30(27)22-6-4-3-5-19(22)17-10-13-20-21(15-17)26-23(25-20)14-9-16-7-11-18(12-8-16)31(2,28)29/h3-15,24H,1-2H3,(H,25,26)/b14-9+. The number of nitrogens with zero attached hydrogens (tertiary/aromatic N) is 1. The van der Waals surface area contributed by atoms with Gasteiger partial charge in [-0.1, -0.05) is 42.5 Å². The molecule has 0 aliphatic rings. The molecule has 1 aromatic heterocycles. The maximum absolute atomic E-state index is 12.3. The van der Waals surface area contributed by atoms with Crippen molar-refractivity contribution in [1.82, 2.24) is 14.7 Å². The van der Waals surface area contributed by atoms with Gasteiger partial charge in [0.1, 0.15) is 16.8 Å². The summed E-state index contributed by atoms with van der Waals surface area (Å²) >= 11 is 0. The van der Waals surface area contributed by atoms with Crippen LogP contribution in [-0.2, 0) is 20.8 Å². The van der Waals surface area contributed by atoms with Gasteiger partial charge in [-0.25, -0.2) is 22.3 Å². The van der Waals surface area contributed by atoms with Crippen molar-refractivity contribution in [2.45, 2.75) is 9.79 Å². The lowest BCUT2D eigenvalue weighted by Crippen LogP contribution is -2.11. The molecule has 0 spiro atoms. The molecule has 31 heavy (non-hydrogen) atoms. The summed E-state index contributed by atoms with van der Waals surface area (Å²) in [6.45, 7) is 0. The molecule has 1 unspecified atom stereocenters. The number of aromatic nitrogens is 2. The maximum atomic E-state index is 12.3. The molecule has 0 amide bonds. The molecule has 4 aromatic rings.